The van der Waals surface area contributed by atoms with Crippen LogP contribution in [0.5, 0.6) is 0 Å². The van der Waals surface area contributed by atoms with Crippen molar-refractivity contribution in [2.75, 3.05) is 26.3 Å². The Bertz CT molecular complexity index is 578. The van der Waals surface area contributed by atoms with Gasteiger partial charge in [0, 0.05) is 18.7 Å². The van der Waals surface area contributed by atoms with E-state index in [0.717, 1.165) is 11.1 Å². The second-order valence-corrected chi connectivity index (χ2v) is 6.43. The van der Waals surface area contributed by atoms with Gasteiger partial charge in [0.2, 0.25) is 5.91 Å². The summed E-state index contributed by atoms with van der Waals surface area (Å²) in [6, 6.07) is 5.08. The molecule has 1 heterocycles. The second kappa shape index (κ2) is 7.59. The summed E-state index contributed by atoms with van der Waals surface area (Å²) < 4.78 is 5.28. The zero-order valence-corrected chi connectivity index (χ0v) is 14.4. The van der Waals surface area contributed by atoms with Crippen molar-refractivity contribution in [1.82, 2.24) is 10.2 Å². The van der Waals surface area contributed by atoms with Crippen LogP contribution in [0, 0.1) is 19.8 Å². The Labute approximate surface area is 138 Å². The lowest BCUT2D eigenvalue weighted by Gasteiger charge is -2.32. The average Bonchev–Trinajstić information content (AvgIpc) is 2.54. The standard InChI is InChI=1S/C18H26N2O3/c1-12(2)16(18(22)20-7-9-23-10-8-20)19-17(21)15-6-5-13(3)14(4)11-15/h5-6,11-12,16H,7-10H2,1-4H3,(H,19,21)/t16-/m1/s1. The Balaban J connectivity index is 2.10. The molecular weight excluding hydrogens is 292 g/mol. The number of nitrogens with one attached hydrogen (secondary N) is 1. The first kappa shape index (κ1) is 17.5. The molecule has 5 heteroatoms. The number of carbonyl (C=O) groups is 2. The Morgan fingerprint density at radius 3 is 2.35 bits per heavy atom. The molecule has 1 aliphatic rings. The molecule has 2 rings (SSSR count). The summed E-state index contributed by atoms with van der Waals surface area (Å²) in [6.07, 6.45) is 0. The number of aryl methyl sites for hydroxylation is 2. The van der Waals surface area contributed by atoms with Crippen LogP contribution < -0.4 is 5.32 Å². The summed E-state index contributed by atoms with van der Waals surface area (Å²) in [5.74, 6) is -0.199. The summed E-state index contributed by atoms with van der Waals surface area (Å²) in [4.78, 5) is 27.0. The smallest absolute Gasteiger partial charge is 0.251 e. The van der Waals surface area contributed by atoms with Gasteiger partial charge in [0.15, 0.2) is 0 Å². The highest BCUT2D eigenvalue weighted by Gasteiger charge is 2.29. The van der Waals surface area contributed by atoms with E-state index in [9.17, 15) is 9.59 Å². The molecule has 23 heavy (non-hydrogen) atoms. The minimum absolute atomic E-state index is 0.0273. The van der Waals surface area contributed by atoms with Gasteiger partial charge in [0.1, 0.15) is 6.04 Å². The molecule has 1 fully saturated rings. The van der Waals surface area contributed by atoms with E-state index in [1.54, 1.807) is 11.0 Å². The number of benzene rings is 1. The van der Waals surface area contributed by atoms with E-state index >= 15 is 0 Å². The maximum Gasteiger partial charge on any atom is 0.251 e. The number of nitrogens with zero attached hydrogens (tertiary/aromatic N) is 1. The van der Waals surface area contributed by atoms with Gasteiger partial charge in [-0.15, -0.1) is 0 Å². The molecule has 0 bridgehead atoms. The molecule has 0 saturated carbocycles. The van der Waals surface area contributed by atoms with Crippen LogP contribution in [-0.4, -0.2) is 49.1 Å². The molecule has 1 aliphatic heterocycles. The maximum absolute atomic E-state index is 12.7. The van der Waals surface area contributed by atoms with Gasteiger partial charge in [-0.3, -0.25) is 9.59 Å². The molecule has 5 nitrogen and oxygen atoms in total. The van der Waals surface area contributed by atoms with E-state index in [4.69, 9.17) is 4.74 Å². The van der Waals surface area contributed by atoms with E-state index in [1.807, 2.05) is 39.8 Å². The third-order valence-corrected chi connectivity index (χ3v) is 4.31. The fourth-order valence-corrected chi connectivity index (χ4v) is 2.60. The van der Waals surface area contributed by atoms with Gasteiger partial charge >= 0.3 is 0 Å². The molecular formula is C18H26N2O3. The summed E-state index contributed by atoms with van der Waals surface area (Å²) in [5.41, 5.74) is 2.80. The van der Waals surface area contributed by atoms with Gasteiger partial charge in [-0.05, 0) is 43.0 Å². The van der Waals surface area contributed by atoms with Gasteiger partial charge < -0.3 is 15.0 Å². The predicted molar refractivity (Wildman–Crippen MR) is 89.4 cm³/mol. The van der Waals surface area contributed by atoms with Gasteiger partial charge in [-0.25, -0.2) is 0 Å². The highest BCUT2D eigenvalue weighted by molar-refractivity contribution is 5.97. The van der Waals surface area contributed by atoms with Crippen LogP contribution in [0.2, 0.25) is 0 Å². The number of hydrogen-bond acceptors (Lipinski definition) is 3. The topological polar surface area (TPSA) is 58.6 Å². The minimum atomic E-state index is -0.512. The lowest BCUT2D eigenvalue weighted by atomic mass is 10.0. The van der Waals surface area contributed by atoms with Crippen molar-refractivity contribution in [2.24, 2.45) is 5.92 Å². The lowest BCUT2D eigenvalue weighted by molar-refractivity contribution is -0.138. The monoisotopic (exact) mass is 318 g/mol. The average molecular weight is 318 g/mol. The van der Waals surface area contributed by atoms with Crippen molar-refractivity contribution in [3.05, 3.63) is 34.9 Å². The SMILES string of the molecule is Cc1ccc(C(=O)N[C@@H](C(=O)N2CCOCC2)C(C)C)cc1C. The van der Waals surface area contributed by atoms with E-state index in [-0.39, 0.29) is 17.7 Å². The van der Waals surface area contributed by atoms with E-state index < -0.39 is 6.04 Å². The first-order valence-corrected chi connectivity index (χ1v) is 8.15. The summed E-state index contributed by atoms with van der Waals surface area (Å²) >= 11 is 0. The van der Waals surface area contributed by atoms with Crippen molar-refractivity contribution >= 4 is 11.8 Å². The maximum atomic E-state index is 12.7. The van der Waals surface area contributed by atoms with E-state index in [1.165, 1.54) is 0 Å². The fraction of sp³-hybridized carbons (Fsp3) is 0.556. The number of morpholine rings is 1. The number of hydrogen-bond donors (Lipinski definition) is 1. The number of amides is 2. The molecule has 0 unspecified atom stereocenters. The van der Waals surface area contributed by atoms with Crippen LogP contribution in [0.3, 0.4) is 0 Å². The highest BCUT2D eigenvalue weighted by atomic mass is 16.5. The summed E-state index contributed by atoms with van der Waals surface area (Å²) in [5, 5.41) is 2.91. The Hall–Kier alpha value is -1.88. The Morgan fingerprint density at radius 1 is 1.13 bits per heavy atom. The van der Waals surface area contributed by atoms with Crippen LogP contribution in [0.15, 0.2) is 18.2 Å². The lowest BCUT2D eigenvalue weighted by Crippen LogP contribution is -2.53. The molecule has 0 spiro atoms. The quantitative estimate of drug-likeness (QED) is 0.923. The van der Waals surface area contributed by atoms with Crippen LogP contribution >= 0.6 is 0 Å². The van der Waals surface area contributed by atoms with E-state index in [2.05, 4.69) is 5.32 Å². The van der Waals surface area contributed by atoms with Crippen LogP contribution in [0.4, 0.5) is 0 Å². The largest absolute Gasteiger partial charge is 0.378 e. The fourth-order valence-electron chi connectivity index (χ4n) is 2.60. The minimum Gasteiger partial charge on any atom is -0.378 e. The molecule has 2 amide bonds. The van der Waals surface area contributed by atoms with Gasteiger partial charge in [-0.1, -0.05) is 19.9 Å². The van der Waals surface area contributed by atoms with Crippen molar-refractivity contribution in [3.8, 4) is 0 Å². The zero-order valence-electron chi connectivity index (χ0n) is 14.4. The molecule has 0 radical (unpaired) electrons. The Morgan fingerprint density at radius 2 is 1.78 bits per heavy atom. The molecule has 0 aliphatic carbocycles. The first-order chi connectivity index (χ1) is 10.9. The van der Waals surface area contributed by atoms with Gasteiger partial charge in [-0.2, -0.15) is 0 Å². The van der Waals surface area contributed by atoms with Crippen LogP contribution in [0.25, 0.3) is 0 Å². The molecule has 1 N–H and O–H groups in total. The first-order valence-electron chi connectivity index (χ1n) is 8.15. The third kappa shape index (κ3) is 4.32. The third-order valence-electron chi connectivity index (χ3n) is 4.31. The molecule has 0 aromatic heterocycles. The normalized spacial score (nSPS) is 16.3. The van der Waals surface area contributed by atoms with Crippen LogP contribution in [-0.2, 0) is 9.53 Å². The summed E-state index contributed by atoms with van der Waals surface area (Å²) in [7, 11) is 0. The molecule has 1 aromatic carbocycles. The molecule has 1 saturated heterocycles. The zero-order chi connectivity index (χ0) is 17.0. The predicted octanol–water partition coefficient (Wildman–Crippen LogP) is 1.92. The van der Waals surface area contributed by atoms with Gasteiger partial charge in [0.25, 0.3) is 5.91 Å². The number of ether oxygens (including phenoxy) is 1. The van der Waals surface area contributed by atoms with Crippen LogP contribution in [0.1, 0.15) is 35.3 Å². The van der Waals surface area contributed by atoms with Crippen molar-refractivity contribution in [2.45, 2.75) is 33.7 Å². The van der Waals surface area contributed by atoms with E-state index in [0.29, 0.717) is 31.9 Å². The molecule has 126 valence electrons. The van der Waals surface area contributed by atoms with Gasteiger partial charge in [0.05, 0.1) is 13.2 Å². The Kier molecular flexibility index (Phi) is 5.77. The highest BCUT2D eigenvalue weighted by Crippen LogP contribution is 2.13. The second-order valence-electron chi connectivity index (χ2n) is 6.43. The molecule has 1 atom stereocenters. The molecule has 1 aromatic rings. The number of rotatable bonds is 4. The summed E-state index contributed by atoms with van der Waals surface area (Å²) in [6.45, 7) is 10.2. The van der Waals surface area contributed by atoms with Crippen molar-refractivity contribution in [1.29, 1.82) is 0 Å². The van der Waals surface area contributed by atoms with Crippen molar-refractivity contribution < 1.29 is 14.3 Å². The number of carbonyl (C=O) groups excluding carboxylic acids is 2. The van der Waals surface area contributed by atoms with Crippen molar-refractivity contribution in [3.63, 3.8) is 0 Å².